The molecular formula is C26H25ClN4O2S. The number of ether oxygens (including phenoxy) is 1. The summed E-state index contributed by atoms with van der Waals surface area (Å²) in [5.74, 6) is 1.74. The minimum Gasteiger partial charge on any atom is -0.484 e. The summed E-state index contributed by atoms with van der Waals surface area (Å²) in [6, 6.07) is 24.9. The monoisotopic (exact) mass is 492 g/mol. The van der Waals surface area contributed by atoms with E-state index in [4.69, 9.17) is 16.3 Å². The first-order chi connectivity index (χ1) is 16.5. The van der Waals surface area contributed by atoms with Crippen molar-refractivity contribution in [3.05, 3.63) is 101 Å². The molecular weight excluding hydrogens is 468 g/mol. The average molecular weight is 493 g/mol. The van der Waals surface area contributed by atoms with E-state index in [1.807, 2.05) is 60.9 Å². The van der Waals surface area contributed by atoms with Gasteiger partial charge in [0, 0.05) is 16.5 Å². The van der Waals surface area contributed by atoms with Gasteiger partial charge in [0.2, 0.25) is 0 Å². The molecule has 4 aromatic rings. The molecule has 0 radical (unpaired) electrons. The normalized spacial score (nSPS) is 11.7. The van der Waals surface area contributed by atoms with Gasteiger partial charge in [-0.25, -0.2) is 0 Å². The fraction of sp³-hybridized carbons (Fsp3) is 0.192. The second-order valence-corrected chi connectivity index (χ2v) is 9.20. The molecule has 0 saturated carbocycles. The largest absolute Gasteiger partial charge is 0.484 e. The Labute approximate surface area is 208 Å². The highest BCUT2D eigenvalue weighted by atomic mass is 35.5. The van der Waals surface area contributed by atoms with Gasteiger partial charge < -0.3 is 10.1 Å². The average Bonchev–Trinajstić information content (AvgIpc) is 3.28. The topological polar surface area (TPSA) is 69.0 Å². The summed E-state index contributed by atoms with van der Waals surface area (Å²) in [5, 5.41) is 13.2. The third-order valence-electron chi connectivity index (χ3n) is 5.11. The summed E-state index contributed by atoms with van der Waals surface area (Å²) in [4.78, 5) is 12.6. The van der Waals surface area contributed by atoms with Crippen molar-refractivity contribution in [3.63, 3.8) is 0 Å². The Morgan fingerprint density at radius 3 is 2.44 bits per heavy atom. The zero-order valence-corrected chi connectivity index (χ0v) is 20.5. The Hall–Kier alpha value is -3.29. The van der Waals surface area contributed by atoms with Crippen LogP contribution in [0.4, 0.5) is 0 Å². The van der Waals surface area contributed by atoms with Gasteiger partial charge >= 0.3 is 0 Å². The smallest absolute Gasteiger partial charge is 0.258 e. The lowest BCUT2D eigenvalue weighted by atomic mass is 10.2. The Morgan fingerprint density at radius 1 is 1.03 bits per heavy atom. The Morgan fingerprint density at radius 2 is 1.74 bits per heavy atom. The summed E-state index contributed by atoms with van der Waals surface area (Å²) in [7, 11) is 0. The fourth-order valence-corrected chi connectivity index (χ4v) is 4.38. The molecule has 0 aliphatic carbocycles. The quantitative estimate of drug-likeness (QED) is 0.300. The number of hydrogen-bond donors (Lipinski definition) is 1. The number of nitrogens with zero attached hydrogens (tertiary/aromatic N) is 3. The first-order valence-corrected chi connectivity index (χ1v) is 12.2. The first-order valence-electron chi connectivity index (χ1n) is 10.9. The van der Waals surface area contributed by atoms with Crippen molar-refractivity contribution in [1.82, 2.24) is 20.1 Å². The van der Waals surface area contributed by atoms with Crippen LogP contribution in [-0.4, -0.2) is 27.3 Å². The first kappa shape index (κ1) is 23.9. The van der Waals surface area contributed by atoms with Crippen LogP contribution in [0.25, 0.3) is 5.69 Å². The third kappa shape index (κ3) is 6.18. The van der Waals surface area contributed by atoms with Crippen molar-refractivity contribution < 1.29 is 9.53 Å². The number of carbonyl (C=O) groups is 1. The van der Waals surface area contributed by atoms with E-state index in [2.05, 4.69) is 27.6 Å². The molecule has 4 rings (SSSR count). The molecule has 0 fully saturated rings. The maximum absolute atomic E-state index is 12.6. The van der Waals surface area contributed by atoms with E-state index < -0.39 is 0 Å². The molecule has 1 unspecified atom stereocenters. The van der Waals surface area contributed by atoms with Gasteiger partial charge in [0.15, 0.2) is 17.6 Å². The van der Waals surface area contributed by atoms with Gasteiger partial charge in [-0.1, -0.05) is 71.4 Å². The second-order valence-electron chi connectivity index (χ2n) is 7.82. The van der Waals surface area contributed by atoms with Gasteiger partial charge in [-0.3, -0.25) is 9.36 Å². The summed E-state index contributed by atoms with van der Waals surface area (Å²) < 4.78 is 7.56. The molecule has 0 aliphatic heterocycles. The van der Waals surface area contributed by atoms with Crippen LogP contribution < -0.4 is 10.1 Å². The van der Waals surface area contributed by atoms with E-state index in [0.29, 0.717) is 16.6 Å². The van der Waals surface area contributed by atoms with Gasteiger partial charge in [0.1, 0.15) is 5.75 Å². The molecule has 1 amide bonds. The highest BCUT2D eigenvalue weighted by Crippen LogP contribution is 2.27. The number of thioether (sulfide) groups is 1. The maximum atomic E-state index is 12.6. The van der Waals surface area contributed by atoms with Crippen LogP contribution in [-0.2, 0) is 10.5 Å². The number of aryl methyl sites for hydroxylation is 1. The number of nitrogens with one attached hydrogen (secondary N) is 1. The lowest BCUT2D eigenvalue weighted by Gasteiger charge is -2.17. The van der Waals surface area contributed by atoms with Crippen molar-refractivity contribution in [2.24, 2.45) is 0 Å². The summed E-state index contributed by atoms with van der Waals surface area (Å²) in [5.41, 5.74) is 3.31. The van der Waals surface area contributed by atoms with Crippen LogP contribution in [0, 0.1) is 6.92 Å². The van der Waals surface area contributed by atoms with E-state index in [-0.39, 0.29) is 18.6 Å². The van der Waals surface area contributed by atoms with Crippen molar-refractivity contribution in [2.45, 2.75) is 30.8 Å². The number of hydrogen-bond acceptors (Lipinski definition) is 5. The summed E-state index contributed by atoms with van der Waals surface area (Å²) in [6.45, 7) is 3.83. The van der Waals surface area contributed by atoms with E-state index in [1.54, 1.807) is 36.0 Å². The number of amides is 1. The highest BCUT2D eigenvalue weighted by molar-refractivity contribution is 7.98. The van der Waals surface area contributed by atoms with Gasteiger partial charge in [-0.2, -0.15) is 0 Å². The minimum absolute atomic E-state index is 0.111. The third-order valence-corrected chi connectivity index (χ3v) is 6.36. The minimum atomic E-state index is -0.374. The van der Waals surface area contributed by atoms with Crippen molar-refractivity contribution in [3.8, 4) is 11.4 Å². The van der Waals surface area contributed by atoms with Crippen molar-refractivity contribution in [2.75, 3.05) is 6.61 Å². The molecule has 0 aliphatic rings. The number of aromatic nitrogens is 3. The number of rotatable bonds is 9. The van der Waals surface area contributed by atoms with Crippen LogP contribution in [0.15, 0.2) is 84.0 Å². The molecule has 3 aromatic carbocycles. The molecule has 1 heterocycles. The van der Waals surface area contributed by atoms with Crippen molar-refractivity contribution >= 4 is 29.3 Å². The molecule has 0 saturated heterocycles. The maximum Gasteiger partial charge on any atom is 0.258 e. The van der Waals surface area contributed by atoms with Crippen LogP contribution in [0.3, 0.4) is 0 Å². The van der Waals surface area contributed by atoms with Crippen LogP contribution >= 0.6 is 23.4 Å². The van der Waals surface area contributed by atoms with Gasteiger partial charge in [0.25, 0.3) is 5.91 Å². The van der Waals surface area contributed by atoms with E-state index >= 15 is 0 Å². The number of carbonyl (C=O) groups excluding carboxylic acids is 1. The lowest BCUT2D eigenvalue weighted by molar-refractivity contribution is -0.123. The predicted molar refractivity (Wildman–Crippen MR) is 136 cm³/mol. The Bertz CT molecular complexity index is 1230. The van der Waals surface area contributed by atoms with Crippen LogP contribution in [0.1, 0.15) is 29.9 Å². The molecule has 0 bridgehead atoms. The van der Waals surface area contributed by atoms with Gasteiger partial charge in [0.05, 0.1) is 6.04 Å². The molecule has 6 nitrogen and oxygen atoms in total. The summed E-state index contributed by atoms with van der Waals surface area (Å²) in [6.07, 6.45) is 0. The highest BCUT2D eigenvalue weighted by Gasteiger charge is 2.21. The Balaban J connectivity index is 1.50. The van der Waals surface area contributed by atoms with Crippen molar-refractivity contribution in [1.29, 1.82) is 0 Å². The van der Waals surface area contributed by atoms with E-state index in [1.165, 1.54) is 5.56 Å². The van der Waals surface area contributed by atoms with Crippen LogP contribution in [0.5, 0.6) is 5.75 Å². The zero-order chi connectivity index (χ0) is 23.9. The van der Waals surface area contributed by atoms with Crippen LogP contribution in [0.2, 0.25) is 5.02 Å². The van der Waals surface area contributed by atoms with Gasteiger partial charge in [-0.15, -0.1) is 10.2 Å². The summed E-state index contributed by atoms with van der Waals surface area (Å²) >= 11 is 7.50. The molecule has 174 valence electrons. The SMILES string of the molecule is Cc1ccc(-n2c(SCc3ccccc3)nnc2C(C)NC(=O)COc2ccc(Cl)cc2)cc1. The molecule has 1 atom stereocenters. The number of benzene rings is 3. The van der Waals surface area contributed by atoms with E-state index in [0.717, 1.165) is 22.2 Å². The van der Waals surface area contributed by atoms with E-state index in [9.17, 15) is 4.79 Å². The second kappa shape index (κ2) is 11.2. The standard InChI is InChI=1S/C26H25ClN4O2S/c1-18-8-12-22(13-9-18)31-25(29-30-26(31)34-17-20-6-4-3-5-7-20)19(2)28-24(32)16-33-23-14-10-21(27)11-15-23/h3-15,19H,16-17H2,1-2H3,(H,28,32). The van der Waals surface area contributed by atoms with Gasteiger partial charge in [-0.05, 0) is 55.8 Å². The molecule has 0 spiro atoms. The molecule has 8 heteroatoms. The molecule has 34 heavy (non-hydrogen) atoms. The predicted octanol–water partition coefficient (Wildman–Crippen LogP) is 5.78. The molecule has 1 aromatic heterocycles. The number of halogens is 1. The lowest BCUT2D eigenvalue weighted by Crippen LogP contribution is -2.32. The molecule has 1 N–H and O–H groups in total. The fourth-order valence-electron chi connectivity index (χ4n) is 3.34. The zero-order valence-electron chi connectivity index (χ0n) is 18.9. The Kier molecular flexibility index (Phi) is 7.87.